The zero-order chi connectivity index (χ0) is 12.8. The van der Waals surface area contributed by atoms with Gasteiger partial charge in [-0.1, -0.05) is 6.07 Å². The normalized spacial score (nSPS) is 12.0. The van der Waals surface area contributed by atoms with Crippen LogP contribution in [0.25, 0.3) is 0 Å². The van der Waals surface area contributed by atoms with Crippen LogP contribution in [0.1, 0.15) is 19.4 Å². The van der Waals surface area contributed by atoms with Crippen molar-refractivity contribution in [1.82, 2.24) is 5.32 Å². The molecule has 0 spiro atoms. The summed E-state index contributed by atoms with van der Waals surface area (Å²) < 4.78 is 6.36. The molecule has 0 aliphatic rings. The third-order valence-corrected chi connectivity index (χ3v) is 2.88. The molecule has 1 unspecified atom stereocenters. The molecule has 0 fully saturated rings. The van der Waals surface area contributed by atoms with E-state index in [0.717, 1.165) is 10.0 Å². The molecule has 0 saturated heterocycles. The Labute approximate surface area is 110 Å². The van der Waals surface area contributed by atoms with Crippen molar-refractivity contribution < 1.29 is 9.53 Å². The topological polar surface area (TPSA) is 64.3 Å². The number of halogens is 1. The minimum Gasteiger partial charge on any atom is -0.480 e. The Morgan fingerprint density at radius 2 is 2.29 bits per heavy atom. The Morgan fingerprint density at radius 1 is 1.59 bits per heavy atom. The molecule has 3 N–H and O–H groups in total. The van der Waals surface area contributed by atoms with Gasteiger partial charge in [0.15, 0.2) is 6.10 Å². The van der Waals surface area contributed by atoms with Crippen LogP contribution in [0.2, 0.25) is 0 Å². The first-order chi connectivity index (χ1) is 8.08. The van der Waals surface area contributed by atoms with Gasteiger partial charge in [0.05, 0.1) is 4.47 Å². The summed E-state index contributed by atoms with van der Waals surface area (Å²) in [5.41, 5.74) is 6.54. The SMILES string of the molecule is CCNC(=O)C(C)Oc1ccc(CN)cc1Br. The Morgan fingerprint density at radius 3 is 2.82 bits per heavy atom. The average molecular weight is 301 g/mol. The Kier molecular flexibility index (Phi) is 5.44. The molecule has 17 heavy (non-hydrogen) atoms. The maximum Gasteiger partial charge on any atom is 0.260 e. The van der Waals surface area contributed by atoms with E-state index < -0.39 is 6.10 Å². The van der Waals surface area contributed by atoms with Gasteiger partial charge in [0, 0.05) is 13.1 Å². The number of hydrogen-bond acceptors (Lipinski definition) is 3. The fourth-order valence-electron chi connectivity index (χ4n) is 1.33. The minimum atomic E-state index is -0.519. The van der Waals surface area contributed by atoms with E-state index in [4.69, 9.17) is 10.5 Å². The number of nitrogens with one attached hydrogen (secondary N) is 1. The monoisotopic (exact) mass is 300 g/mol. The molecular formula is C12H17BrN2O2. The van der Waals surface area contributed by atoms with Crippen LogP contribution in [0, 0.1) is 0 Å². The van der Waals surface area contributed by atoms with Crippen molar-refractivity contribution in [3.8, 4) is 5.75 Å². The highest BCUT2D eigenvalue weighted by Gasteiger charge is 2.14. The number of carbonyl (C=O) groups is 1. The Bertz CT molecular complexity index is 396. The van der Waals surface area contributed by atoms with Crippen LogP contribution < -0.4 is 15.8 Å². The first-order valence-electron chi connectivity index (χ1n) is 5.51. The first-order valence-corrected chi connectivity index (χ1v) is 6.30. The Hall–Kier alpha value is -1.07. The van der Waals surface area contributed by atoms with E-state index in [2.05, 4.69) is 21.2 Å². The molecule has 0 aliphatic carbocycles. The number of ether oxygens (including phenoxy) is 1. The van der Waals surface area contributed by atoms with Crippen molar-refractivity contribution in [2.75, 3.05) is 6.54 Å². The summed E-state index contributed by atoms with van der Waals surface area (Å²) in [6, 6.07) is 5.58. The molecule has 0 aliphatic heterocycles. The molecule has 0 aromatic heterocycles. The fourth-order valence-corrected chi connectivity index (χ4v) is 1.85. The van der Waals surface area contributed by atoms with E-state index in [9.17, 15) is 4.79 Å². The maximum absolute atomic E-state index is 11.5. The van der Waals surface area contributed by atoms with E-state index in [0.29, 0.717) is 18.8 Å². The molecule has 1 rings (SSSR count). The van der Waals surface area contributed by atoms with Gasteiger partial charge in [0.1, 0.15) is 5.75 Å². The summed E-state index contributed by atoms with van der Waals surface area (Å²) in [6.45, 7) is 4.66. The number of likely N-dealkylation sites (N-methyl/N-ethyl adjacent to an activating group) is 1. The van der Waals surface area contributed by atoms with Crippen LogP contribution in [0.3, 0.4) is 0 Å². The molecule has 1 atom stereocenters. The van der Waals surface area contributed by atoms with Crippen LogP contribution in [0.5, 0.6) is 5.75 Å². The molecule has 5 heteroatoms. The van der Waals surface area contributed by atoms with Crippen molar-refractivity contribution in [2.24, 2.45) is 5.73 Å². The lowest BCUT2D eigenvalue weighted by atomic mass is 10.2. The van der Waals surface area contributed by atoms with E-state index in [1.54, 1.807) is 6.92 Å². The predicted octanol–water partition coefficient (Wildman–Crippen LogP) is 1.81. The standard InChI is InChI=1S/C12H17BrN2O2/c1-3-15-12(16)8(2)17-11-5-4-9(7-14)6-10(11)13/h4-6,8H,3,7,14H2,1-2H3,(H,15,16). The summed E-state index contributed by atoms with van der Waals surface area (Å²) in [4.78, 5) is 11.5. The van der Waals surface area contributed by atoms with Crippen LogP contribution >= 0.6 is 15.9 Å². The number of benzene rings is 1. The van der Waals surface area contributed by atoms with Crippen molar-refractivity contribution in [2.45, 2.75) is 26.5 Å². The van der Waals surface area contributed by atoms with E-state index in [-0.39, 0.29) is 5.91 Å². The fraction of sp³-hybridized carbons (Fsp3) is 0.417. The lowest BCUT2D eigenvalue weighted by molar-refractivity contribution is -0.127. The van der Waals surface area contributed by atoms with E-state index in [1.807, 2.05) is 25.1 Å². The summed E-state index contributed by atoms with van der Waals surface area (Å²) in [5.74, 6) is 0.517. The minimum absolute atomic E-state index is 0.123. The van der Waals surface area contributed by atoms with Gasteiger partial charge in [0.25, 0.3) is 5.91 Å². The Balaban J connectivity index is 2.71. The highest BCUT2D eigenvalue weighted by molar-refractivity contribution is 9.10. The van der Waals surface area contributed by atoms with Gasteiger partial charge in [0.2, 0.25) is 0 Å². The quantitative estimate of drug-likeness (QED) is 0.872. The number of nitrogens with two attached hydrogens (primary N) is 1. The van der Waals surface area contributed by atoms with E-state index >= 15 is 0 Å². The lowest BCUT2D eigenvalue weighted by Crippen LogP contribution is -2.36. The van der Waals surface area contributed by atoms with Crippen molar-refractivity contribution in [3.63, 3.8) is 0 Å². The van der Waals surface area contributed by atoms with Gasteiger partial charge in [-0.15, -0.1) is 0 Å². The van der Waals surface area contributed by atoms with Crippen LogP contribution in [-0.4, -0.2) is 18.6 Å². The van der Waals surface area contributed by atoms with Gasteiger partial charge in [-0.3, -0.25) is 4.79 Å². The zero-order valence-corrected chi connectivity index (χ0v) is 11.6. The van der Waals surface area contributed by atoms with Crippen LogP contribution in [-0.2, 0) is 11.3 Å². The third kappa shape index (κ3) is 4.02. The number of amides is 1. The maximum atomic E-state index is 11.5. The molecule has 0 radical (unpaired) electrons. The largest absolute Gasteiger partial charge is 0.480 e. The number of carbonyl (C=O) groups excluding carboxylic acids is 1. The predicted molar refractivity (Wildman–Crippen MR) is 70.8 cm³/mol. The third-order valence-electron chi connectivity index (χ3n) is 2.26. The molecular weight excluding hydrogens is 284 g/mol. The molecule has 1 aromatic rings. The summed E-state index contributed by atoms with van der Waals surface area (Å²) in [6.07, 6.45) is -0.519. The van der Waals surface area contributed by atoms with Gasteiger partial charge in [-0.2, -0.15) is 0 Å². The summed E-state index contributed by atoms with van der Waals surface area (Å²) in [5, 5.41) is 2.71. The second-order valence-electron chi connectivity index (χ2n) is 3.62. The highest BCUT2D eigenvalue weighted by Crippen LogP contribution is 2.26. The van der Waals surface area contributed by atoms with Gasteiger partial charge >= 0.3 is 0 Å². The second-order valence-corrected chi connectivity index (χ2v) is 4.48. The zero-order valence-electron chi connectivity index (χ0n) is 10.00. The van der Waals surface area contributed by atoms with Gasteiger partial charge in [-0.25, -0.2) is 0 Å². The smallest absolute Gasteiger partial charge is 0.260 e. The second kappa shape index (κ2) is 6.61. The molecule has 0 saturated carbocycles. The molecule has 1 aromatic carbocycles. The highest BCUT2D eigenvalue weighted by atomic mass is 79.9. The first kappa shape index (κ1) is 14.0. The summed E-state index contributed by atoms with van der Waals surface area (Å²) in [7, 11) is 0. The molecule has 94 valence electrons. The summed E-state index contributed by atoms with van der Waals surface area (Å²) >= 11 is 3.39. The molecule has 0 bridgehead atoms. The van der Waals surface area contributed by atoms with Gasteiger partial charge < -0.3 is 15.8 Å². The molecule has 0 heterocycles. The van der Waals surface area contributed by atoms with Crippen molar-refractivity contribution in [1.29, 1.82) is 0 Å². The molecule has 4 nitrogen and oxygen atoms in total. The van der Waals surface area contributed by atoms with Crippen molar-refractivity contribution >= 4 is 21.8 Å². The van der Waals surface area contributed by atoms with Crippen molar-refractivity contribution in [3.05, 3.63) is 28.2 Å². The lowest BCUT2D eigenvalue weighted by Gasteiger charge is -2.15. The van der Waals surface area contributed by atoms with Crippen LogP contribution in [0.4, 0.5) is 0 Å². The van der Waals surface area contributed by atoms with Gasteiger partial charge in [-0.05, 0) is 47.5 Å². The number of hydrogen-bond donors (Lipinski definition) is 2. The average Bonchev–Trinajstić information content (AvgIpc) is 2.31. The van der Waals surface area contributed by atoms with E-state index in [1.165, 1.54) is 0 Å². The number of rotatable bonds is 5. The molecule has 1 amide bonds. The van der Waals surface area contributed by atoms with Crippen LogP contribution in [0.15, 0.2) is 22.7 Å².